The molecule has 0 unspecified atom stereocenters. The van der Waals surface area contributed by atoms with Crippen LogP contribution in [0.2, 0.25) is 0 Å². The summed E-state index contributed by atoms with van der Waals surface area (Å²) >= 11 is 0. The molecule has 0 aliphatic heterocycles. The molecule has 0 bridgehead atoms. The minimum atomic E-state index is -0.462. The predicted molar refractivity (Wildman–Crippen MR) is 85.2 cm³/mol. The van der Waals surface area contributed by atoms with E-state index >= 15 is 0 Å². The molecule has 0 saturated carbocycles. The monoisotopic (exact) mass is 313 g/mol. The van der Waals surface area contributed by atoms with Gasteiger partial charge in [0.1, 0.15) is 5.52 Å². The van der Waals surface area contributed by atoms with Gasteiger partial charge < -0.3 is 14.4 Å². The molecule has 2 aromatic carbocycles. The summed E-state index contributed by atoms with van der Waals surface area (Å²) in [6, 6.07) is 13.9. The fourth-order valence-corrected chi connectivity index (χ4v) is 2.37. The number of benzene rings is 2. The summed E-state index contributed by atoms with van der Waals surface area (Å²) < 4.78 is 5.64. The van der Waals surface area contributed by atoms with Gasteiger partial charge in [0.05, 0.1) is 18.1 Å². The Hall–Kier alpha value is -2.93. The van der Waals surface area contributed by atoms with Crippen molar-refractivity contribution in [3.05, 3.63) is 64.5 Å². The number of hydrogen-bond acceptors (Lipinski definition) is 6. The lowest BCUT2D eigenvalue weighted by Crippen LogP contribution is -2.26. The van der Waals surface area contributed by atoms with Crippen LogP contribution in [0.5, 0.6) is 0 Å². The Balaban J connectivity index is 1.88. The molecule has 0 saturated heterocycles. The van der Waals surface area contributed by atoms with Crippen molar-refractivity contribution in [2.24, 2.45) is 0 Å². The van der Waals surface area contributed by atoms with E-state index in [4.69, 9.17) is 4.42 Å². The number of nitro benzene ring substituents is 1. The summed E-state index contributed by atoms with van der Waals surface area (Å²) in [5.41, 5.74) is 1.87. The molecule has 0 atom stereocenters. The van der Waals surface area contributed by atoms with Crippen molar-refractivity contribution in [3.8, 4) is 0 Å². The van der Waals surface area contributed by atoms with Crippen molar-refractivity contribution in [2.45, 2.75) is 6.54 Å². The molecule has 0 spiro atoms. The molecule has 0 aliphatic carbocycles. The number of para-hydroxylation sites is 1. The van der Waals surface area contributed by atoms with E-state index in [0.29, 0.717) is 30.1 Å². The van der Waals surface area contributed by atoms with Crippen molar-refractivity contribution in [2.75, 3.05) is 18.1 Å². The second-order valence-corrected chi connectivity index (χ2v) is 5.00. The third-order valence-corrected chi connectivity index (χ3v) is 3.44. The van der Waals surface area contributed by atoms with Crippen LogP contribution in [-0.2, 0) is 6.54 Å². The number of hydrogen-bond donors (Lipinski definition) is 1. The van der Waals surface area contributed by atoms with E-state index in [9.17, 15) is 15.2 Å². The lowest BCUT2D eigenvalue weighted by Gasteiger charge is -2.22. The van der Waals surface area contributed by atoms with Crippen molar-refractivity contribution in [3.63, 3.8) is 0 Å². The van der Waals surface area contributed by atoms with Crippen LogP contribution in [-0.4, -0.2) is 28.2 Å². The maximum absolute atomic E-state index is 10.8. The van der Waals surface area contributed by atoms with Gasteiger partial charge in [0, 0.05) is 24.4 Å². The molecule has 1 N–H and O–H groups in total. The Morgan fingerprint density at radius 1 is 1.22 bits per heavy atom. The van der Waals surface area contributed by atoms with Gasteiger partial charge in [-0.1, -0.05) is 18.2 Å². The van der Waals surface area contributed by atoms with E-state index in [1.165, 1.54) is 12.1 Å². The Labute approximate surface area is 131 Å². The van der Waals surface area contributed by atoms with E-state index in [2.05, 4.69) is 4.98 Å². The van der Waals surface area contributed by atoms with Crippen LogP contribution in [0.15, 0.2) is 52.9 Å². The molecule has 3 rings (SSSR count). The quantitative estimate of drug-likeness (QED) is 0.555. The van der Waals surface area contributed by atoms with Gasteiger partial charge >= 0.3 is 0 Å². The summed E-state index contributed by atoms with van der Waals surface area (Å²) in [6.07, 6.45) is 0. The van der Waals surface area contributed by atoms with Gasteiger partial charge in [0.2, 0.25) is 5.89 Å². The Kier molecular flexibility index (Phi) is 4.20. The molecule has 0 radical (unpaired) electrons. The van der Waals surface area contributed by atoms with E-state index in [1.54, 1.807) is 6.07 Å². The second kappa shape index (κ2) is 6.45. The molecular formula is C16H15N3O4. The minimum Gasteiger partial charge on any atom is -0.439 e. The van der Waals surface area contributed by atoms with Crippen LogP contribution in [0.1, 0.15) is 5.89 Å². The lowest BCUT2D eigenvalue weighted by atomic mass is 10.3. The van der Waals surface area contributed by atoms with Crippen LogP contribution in [0, 0.1) is 10.1 Å². The molecule has 0 fully saturated rings. The molecule has 7 nitrogen and oxygen atoms in total. The highest BCUT2D eigenvalue weighted by molar-refractivity contribution is 5.75. The van der Waals surface area contributed by atoms with E-state index in [0.717, 1.165) is 5.69 Å². The number of aliphatic hydroxyl groups is 1. The number of nitrogens with zero attached hydrogens (tertiary/aromatic N) is 3. The SMILES string of the molecule is O=[N+]([O-])c1ccc2oc(CN(CCO)c3ccccc3)nc2c1. The Bertz CT molecular complexity index is 817. The Morgan fingerprint density at radius 3 is 2.70 bits per heavy atom. The summed E-state index contributed by atoms with van der Waals surface area (Å²) in [7, 11) is 0. The van der Waals surface area contributed by atoms with Gasteiger partial charge in [-0.15, -0.1) is 0 Å². The highest BCUT2D eigenvalue weighted by Gasteiger charge is 2.14. The predicted octanol–water partition coefficient (Wildman–Crippen LogP) is 2.73. The van der Waals surface area contributed by atoms with Gasteiger partial charge in [-0.05, 0) is 18.2 Å². The van der Waals surface area contributed by atoms with E-state index < -0.39 is 4.92 Å². The van der Waals surface area contributed by atoms with E-state index in [1.807, 2.05) is 35.2 Å². The number of aromatic nitrogens is 1. The third kappa shape index (κ3) is 3.29. The summed E-state index contributed by atoms with van der Waals surface area (Å²) in [4.78, 5) is 16.6. The maximum Gasteiger partial charge on any atom is 0.271 e. The molecule has 23 heavy (non-hydrogen) atoms. The second-order valence-electron chi connectivity index (χ2n) is 5.00. The van der Waals surface area contributed by atoms with Gasteiger partial charge in [0.15, 0.2) is 5.58 Å². The zero-order valence-electron chi connectivity index (χ0n) is 12.3. The van der Waals surface area contributed by atoms with Crippen molar-refractivity contribution in [1.29, 1.82) is 0 Å². The topological polar surface area (TPSA) is 92.6 Å². The molecule has 1 heterocycles. The van der Waals surface area contributed by atoms with Crippen LogP contribution in [0.25, 0.3) is 11.1 Å². The zero-order valence-corrected chi connectivity index (χ0v) is 12.3. The number of oxazole rings is 1. The van der Waals surface area contributed by atoms with E-state index in [-0.39, 0.29) is 12.3 Å². The normalized spacial score (nSPS) is 10.8. The van der Waals surface area contributed by atoms with Crippen LogP contribution < -0.4 is 4.90 Å². The number of nitro groups is 1. The lowest BCUT2D eigenvalue weighted by molar-refractivity contribution is -0.384. The number of fused-ring (bicyclic) bond motifs is 1. The maximum atomic E-state index is 10.8. The number of anilines is 1. The fraction of sp³-hybridized carbons (Fsp3) is 0.188. The Morgan fingerprint density at radius 2 is 2.00 bits per heavy atom. The largest absolute Gasteiger partial charge is 0.439 e. The van der Waals surface area contributed by atoms with Crippen LogP contribution in [0.4, 0.5) is 11.4 Å². The fourth-order valence-electron chi connectivity index (χ4n) is 2.37. The summed E-state index contributed by atoms with van der Waals surface area (Å²) in [6.45, 7) is 0.802. The first-order valence-electron chi connectivity index (χ1n) is 7.12. The molecule has 3 aromatic rings. The van der Waals surface area contributed by atoms with Gasteiger partial charge in [-0.2, -0.15) is 0 Å². The first-order valence-corrected chi connectivity index (χ1v) is 7.12. The molecule has 0 amide bonds. The number of rotatable bonds is 6. The summed E-state index contributed by atoms with van der Waals surface area (Å²) in [5.74, 6) is 0.442. The molecular weight excluding hydrogens is 298 g/mol. The molecule has 118 valence electrons. The minimum absolute atomic E-state index is 0.000590. The van der Waals surface area contributed by atoms with Crippen LogP contribution in [0.3, 0.4) is 0 Å². The smallest absolute Gasteiger partial charge is 0.271 e. The number of non-ortho nitro benzene ring substituents is 1. The highest BCUT2D eigenvalue weighted by Crippen LogP contribution is 2.23. The van der Waals surface area contributed by atoms with Crippen molar-refractivity contribution < 1.29 is 14.4 Å². The average Bonchev–Trinajstić information content (AvgIpc) is 2.96. The third-order valence-electron chi connectivity index (χ3n) is 3.44. The average molecular weight is 313 g/mol. The molecule has 0 aliphatic rings. The first-order chi connectivity index (χ1) is 11.2. The van der Waals surface area contributed by atoms with Crippen LogP contribution >= 0.6 is 0 Å². The van der Waals surface area contributed by atoms with Crippen molar-refractivity contribution >= 4 is 22.5 Å². The molecule has 1 aromatic heterocycles. The van der Waals surface area contributed by atoms with Gasteiger partial charge in [0.25, 0.3) is 5.69 Å². The zero-order chi connectivity index (χ0) is 16.2. The number of aliphatic hydroxyl groups excluding tert-OH is 1. The highest BCUT2D eigenvalue weighted by atomic mass is 16.6. The summed E-state index contributed by atoms with van der Waals surface area (Å²) in [5, 5.41) is 20.1. The van der Waals surface area contributed by atoms with Gasteiger partial charge in [-0.3, -0.25) is 10.1 Å². The standard InChI is InChI=1S/C16H15N3O4/c20-9-8-18(12-4-2-1-3-5-12)11-16-17-14-10-13(19(21)22)6-7-15(14)23-16/h1-7,10,20H,8-9,11H2. The molecule has 7 heteroatoms. The first kappa shape index (κ1) is 15.0. The van der Waals surface area contributed by atoms with Gasteiger partial charge in [-0.25, -0.2) is 4.98 Å². The van der Waals surface area contributed by atoms with Crippen molar-refractivity contribution in [1.82, 2.24) is 4.98 Å².